The van der Waals surface area contributed by atoms with Crippen molar-refractivity contribution in [3.8, 4) is 0 Å². The van der Waals surface area contributed by atoms with Gasteiger partial charge >= 0.3 is 0 Å². The lowest BCUT2D eigenvalue weighted by atomic mass is 10.0. The van der Waals surface area contributed by atoms with Gasteiger partial charge in [0.25, 0.3) is 0 Å². The number of rotatable bonds is 3. The van der Waals surface area contributed by atoms with E-state index in [9.17, 15) is 0 Å². The fraction of sp³-hybridized carbons (Fsp3) is 0.261. The lowest BCUT2D eigenvalue weighted by molar-refractivity contribution is 0.506. The Kier molecular flexibility index (Phi) is 4.91. The minimum absolute atomic E-state index is 0.0363. The van der Waals surface area contributed by atoms with Crippen LogP contribution in [-0.4, -0.2) is 29.5 Å². The summed E-state index contributed by atoms with van der Waals surface area (Å²) in [6.45, 7) is 1.89. The van der Waals surface area contributed by atoms with Crippen LogP contribution in [0.1, 0.15) is 18.4 Å². The second kappa shape index (κ2) is 7.71. The molecule has 29 heavy (non-hydrogen) atoms. The van der Waals surface area contributed by atoms with Gasteiger partial charge in [0, 0.05) is 36.4 Å². The molecule has 0 aliphatic carbocycles. The lowest BCUT2D eigenvalue weighted by Crippen LogP contribution is -2.43. The minimum Gasteiger partial charge on any atom is -0.368 e. The number of pyridine rings is 1. The Bertz CT molecular complexity index is 997. The average molecular weight is 404 g/mol. The highest BCUT2D eigenvalue weighted by atomic mass is 32.2. The first-order chi connectivity index (χ1) is 14.2. The third-order valence-electron chi connectivity index (χ3n) is 5.59. The number of nitrogens with zero attached hydrogens (tertiary/aromatic N) is 3. The van der Waals surface area contributed by atoms with Crippen molar-refractivity contribution in [3.05, 3.63) is 83.3 Å². The first-order valence-corrected chi connectivity index (χ1v) is 10.9. The maximum Gasteiger partial charge on any atom is 0.0876 e. The molecule has 0 amide bonds. The van der Waals surface area contributed by atoms with Crippen LogP contribution in [-0.2, 0) is 0 Å². The highest BCUT2D eigenvalue weighted by Crippen LogP contribution is 2.45. The quantitative estimate of drug-likeness (QED) is 0.815. The summed E-state index contributed by atoms with van der Waals surface area (Å²) in [4.78, 5) is 10.3. The van der Waals surface area contributed by atoms with Crippen LogP contribution >= 0.6 is 11.8 Å². The normalized spacial score (nSPS) is 24.0. The van der Waals surface area contributed by atoms with Gasteiger partial charge in [0.05, 0.1) is 28.6 Å². The molecule has 0 bridgehead atoms. The van der Waals surface area contributed by atoms with Gasteiger partial charge in [-0.15, -0.1) is 11.8 Å². The van der Waals surface area contributed by atoms with Crippen LogP contribution < -0.4 is 21.3 Å². The summed E-state index contributed by atoms with van der Waals surface area (Å²) in [5.74, 6) is 0. The number of anilines is 2. The van der Waals surface area contributed by atoms with Gasteiger partial charge in [0.1, 0.15) is 0 Å². The van der Waals surface area contributed by atoms with Gasteiger partial charge in [0.15, 0.2) is 0 Å². The number of aromatic nitrogens is 1. The van der Waals surface area contributed by atoms with E-state index in [0.717, 1.165) is 37.3 Å². The first kappa shape index (κ1) is 18.5. The molecule has 3 aliphatic rings. The molecule has 6 heteroatoms. The first-order valence-electron chi connectivity index (χ1n) is 10.1. The molecule has 0 radical (unpaired) electrons. The maximum absolute atomic E-state index is 6.27. The number of fused-ring (bicyclic) bond motifs is 1. The molecule has 3 aliphatic heterocycles. The second-order valence-corrected chi connectivity index (χ2v) is 8.90. The number of piperidine rings is 1. The summed E-state index contributed by atoms with van der Waals surface area (Å²) in [5.41, 5.74) is 18.3. The summed E-state index contributed by atoms with van der Waals surface area (Å²) >= 11 is 1.70. The molecule has 1 fully saturated rings. The fourth-order valence-corrected chi connectivity index (χ4v) is 5.19. The van der Waals surface area contributed by atoms with E-state index < -0.39 is 0 Å². The third kappa shape index (κ3) is 3.59. The van der Waals surface area contributed by atoms with Crippen LogP contribution in [0, 0.1) is 0 Å². The third-order valence-corrected chi connectivity index (χ3v) is 6.58. The molecular formula is C23H25N5S. The standard InChI is InChI=1S/C23H25N5S/c24-18-7-4-10-27(15-18)19-8-9-26-13-21(19)28-14-17(16-5-2-1-3-6-16)11-22-20(28)12-23(25)29-22/h1-3,5-6,8-9,11-14,18,23H,4,7,10,15,24-25H2/t18-,23?/m0/s1. The van der Waals surface area contributed by atoms with Crippen LogP contribution in [0.2, 0.25) is 0 Å². The summed E-state index contributed by atoms with van der Waals surface area (Å²) in [7, 11) is 0. The molecule has 5 nitrogen and oxygen atoms in total. The molecule has 2 aromatic rings. The number of allylic oxidation sites excluding steroid dienone is 2. The van der Waals surface area contributed by atoms with Crippen molar-refractivity contribution >= 4 is 28.7 Å². The molecule has 1 aromatic heterocycles. The topological polar surface area (TPSA) is 71.4 Å². The number of nitrogens with two attached hydrogens (primary N) is 2. The lowest BCUT2D eigenvalue weighted by Gasteiger charge is -2.36. The Morgan fingerprint density at radius 1 is 1.07 bits per heavy atom. The molecule has 4 N–H and O–H groups in total. The zero-order valence-corrected chi connectivity index (χ0v) is 17.1. The van der Waals surface area contributed by atoms with Crippen LogP contribution in [0.3, 0.4) is 0 Å². The predicted octanol–water partition coefficient (Wildman–Crippen LogP) is 3.67. The molecule has 0 spiro atoms. The Morgan fingerprint density at radius 3 is 2.76 bits per heavy atom. The van der Waals surface area contributed by atoms with Gasteiger partial charge < -0.3 is 21.3 Å². The zero-order valence-electron chi connectivity index (χ0n) is 16.2. The van der Waals surface area contributed by atoms with Crippen molar-refractivity contribution in [1.82, 2.24) is 4.98 Å². The number of thioether (sulfide) groups is 1. The van der Waals surface area contributed by atoms with E-state index in [4.69, 9.17) is 11.5 Å². The van der Waals surface area contributed by atoms with Crippen LogP contribution in [0.4, 0.5) is 11.4 Å². The number of hydrogen-bond acceptors (Lipinski definition) is 6. The predicted molar refractivity (Wildman–Crippen MR) is 122 cm³/mol. The van der Waals surface area contributed by atoms with E-state index in [1.54, 1.807) is 11.8 Å². The van der Waals surface area contributed by atoms with Crippen molar-refractivity contribution in [2.75, 3.05) is 22.9 Å². The van der Waals surface area contributed by atoms with E-state index in [2.05, 4.69) is 63.5 Å². The minimum atomic E-state index is -0.0363. The molecule has 5 rings (SSSR count). The molecule has 4 heterocycles. The monoisotopic (exact) mass is 403 g/mol. The molecule has 1 aromatic carbocycles. The van der Waals surface area contributed by atoms with Gasteiger partial charge in [0.2, 0.25) is 0 Å². The molecule has 1 saturated heterocycles. The Labute approximate surface area is 175 Å². The maximum atomic E-state index is 6.27. The van der Waals surface area contributed by atoms with E-state index in [-0.39, 0.29) is 11.4 Å². The van der Waals surface area contributed by atoms with Crippen LogP contribution in [0.5, 0.6) is 0 Å². The van der Waals surface area contributed by atoms with Crippen molar-refractivity contribution in [3.63, 3.8) is 0 Å². The van der Waals surface area contributed by atoms with Gasteiger partial charge in [-0.1, -0.05) is 30.3 Å². The van der Waals surface area contributed by atoms with Gasteiger partial charge in [-0.2, -0.15) is 0 Å². The van der Waals surface area contributed by atoms with E-state index in [1.165, 1.54) is 21.7 Å². The van der Waals surface area contributed by atoms with Crippen molar-refractivity contribution in [2.24, 2.45) is 11.5 Å². The smallest absolute Gasteiger partial charge is 0.0876 e. The fourth-order valence-electron chi connectivity index (χ4n) is 4.22. The Morgan fingerprint density at radius 2 is 1.93 bits per heavy atom. The van der Waals surface area contributed by atoms with Gasteiger partial charge in [-0.05, 0) is 42.2 Å². The molecular weight excluding hydrogens is 378 g/mol. The van der Waals surface area contributed by atoms with Crippen LogP contribution in [0.15, 0.2) is 77.7 Å². The molecule has 1 unspecified atom stereocenters. The molecule has 2 atom stereocenters. The zero-order chi connectivity index (χ0) is 19.8. The SMILES string of the molecule is NC1C=C2C(=CC(c3ccccc3)=CN2c2cnccc2N2CCC[C@H](N)C2)S1. The van der Waals surface area contributed by atoms with E-state index >= 15 is 0 Å². The van der Waals surface area contributed by atoms with Crippen molar-refractivity contribution in [2.45, 2.75) is 24.3 Å². The molecule has 0 saturated carbocycles. The van der Waals surface area contributed by atoms with Crippen LogP contribution in [0.25, 0.3) is 5.57 Å². The summed E-state index contributed by atoms with van der Waals surface area (Å²) in [5, 5.41) is -0.0363. The van der Waals surface area contributed by atoms with E-state index in [1.807, 2.05) is 18.5 Å². The Hall–Kier alpha value is -2.54. The molecule has 148 valence electrons. The van der Waals surface area contributed by atoms with Crippen molar-refractivity contribution < 1.29 is 0 Å². The summed E-state index contributed by atoms with van der Waals surface area (Å²) in [6.07, 6.45) is 12.6. The van der Waals surface area contributed by atoms with Gasteiger partial charge in [-0.3, -0.25) is 4.98 Å². The highest BCUT2D eigenvalue weighted by Gasteiger charge is 2.30. The summed E-state index contributed by atoms with van der Waals surface area (Å²) in [6, 6.07) is 12.8. The highest BCUT2D eigenvalue weighted by molar-refractivity contribution is 8.04. The number of benzene rings is 1. The Balaban J connectivity index is 1.60. The largest absolute Gasteiger partial charge is 0.368 e. The van der Waals surface area contributed by atoms with Gasteiger partial charge in [-0.25, -0.2) is 0 Å². The number of hydrogen-bond donors (Lipinski definition) is 2. The summed E-state index contributed by atoms with van der Waals surface area (Å²) < 4.78 is 0. The average Bonchev–Trinajstić information content (AvgIpc) is 3.14. The second-order valence-electron chi connectivity index (χ2n) is 7.68. The van der Waals surface area contributed by atoms with Crippen molar-refractivity contribution in [1.29, 1.82) is 0 Å². The van der Waals surface area contributed by atoms with E-state index in [0.29, 0.717) is 0 Å².